The molecule has 0 bridgehead atoms. The number of hydrogen-bond donors (Lipinski definition) is 1. The van der Waals surface area contributed by atoms with Gasteiger partial charge in [-0.25, -0.2) is 0 Å². The van der Waals surface area contributed by atoms with Crippen LogP contribution in [-0.4, -0.2) is 11.1 Å². The Labute approximate surface area is 76.4 Å². The van der Waals surface area contributed by atoms with Crippen LogP contribution in [-0.2, 0) is 4.79 Å². The van der Waals surface area contributed by atoms with Crippen LogP contribution in [0, 0.1) is 16.7 Å². The number of rotatable bonds is 1. The molecule has 0 spiro atoms. The van der Waals surface area contributed by atoms with Gasteiger partial charge in [-0.2, -0.15) is 0 Å². The van der Waals surface area contributed by atoms with Crippen molar-refractivity contribution in [3.8, 4) is 0 Å². The fraction of sp³-hybridized carbons (Fsp3) is 0.900. The maximum atomic E-state index is 11.1. The first-order valence-corrected chi connectivity index (χ1v) is 4.18. The van der Waals surface area contributed by atoms with Crippen LogP contribution in [0.15, 0.2) is 0 Å². The Bertz CT molecular complexity index is 194. The summed E-state index contributed by atoms with van der Waals surface area (Å²) in [6, 6.07) is 0. The van der Waals surface area contributed by atoms with Gasteiger partial charge in [0.1, 0.15) is 0 Å². The molecule has 0 heterocycles. The predicted octanol–water partition coefficient (Wildman–Crippen LogP) is 2.78. The second-order valence-electron chi connectivity index (χ2n) is 5.18. The minimum absolute atomic E-state index is 0.572. The number of aliphatic carboxylic acids is 1. The normalized spacial score (nSPS) is 15.7. The first-order valence-electron chi connectivity index (χ1n) is 4.68. The third kappa shape index (κ3) is 2.84. The van der Waals surface area contributed by atoms with Crippen LogP contribution in [0.3, 0.4) is 0 Å². The Balaban J connectivity index is 5.35. The minimum atomic E-state index is -1.46. The van der Waals surface area contributed by atoms with Gasteiger partial charge in [0.2, 0.25) is 0 Å². The topological polar surface area (TPSA) is 37.3 Å². The highest BCUT2D eigenvalue weighted by Gasteiger charge is 2.40. The predicted molar refractivity (Wildman–Crippen MR) is 50.0 cm³/mol. The van der Waals surface area contributed by atoms with Gasteiger partial charge in [-0.15, -0.1) is 0 Å². The molecule has 0 atom stereocenters. The van der Waals surface area contributed by atoms with Crippen molar-refractivity contribution >= 4 is 5.97 Å². The van der Waals surface area contributed by atoms with Crippen LogP contribution in [0.25, 0.3) is 0 Å². The van der Waals surface area contributed by atoms with Gasteiger partial charge in [0.05, 0.1) is 5.89 Å². The van der Waals surface area contributed by atoms with Crippen molar-refractivity contribution in [1.29, 1.82) is 0 Å². The Hall–Kier alpha value is -0.530. The van der Waals surface area contributed by atoms with Gasteiger partial charge in [0, 0.05) is 1.37 Å². The van der Waals surface area contributed by atoms with E-state index in [1.54, 1.807) is 41.5 Å². The summed E-state index contributed by atoms with van der Waals surface area (Å²) in [5, 5.41) is 9.12. The molecular formula is C10H20O2. The second kappa shape index (κ2) is 3.08. The highest BCUT2D eigenvalue weighted by Crippen LogP contribution is 2.39. The summed E-state index contributed by atoms with van der Waals surface area (Å²) in [7, 11) is 0. The fourth-order valence-corrected chi connectivity index (χ4v) is 1.77. The van der Waals surface area contributed by atoms with Gasteiger partial charge in [-0.05, 0) is 10.8 Å². The highest BCUT2D eigenvalue weighted by molar-refractivity contribution is 5.71. The van der Waals surface area contributed by atoms with Crippen LogP contribution in [0.1, 0.15) is 42.9 Å². The summed E-state index contributed by atoms with van der Waals surface area (Å²) in [6.07, 6.45) is 0. The molecule has 2 heteroatoms. The van der Waals surface area contributed by atoms with E-state index in [2.05, 4.69) is 0 Å². The van der Waals surface area contributed by atoms with Gasteiger partial charge in [0.15, 0.2) is 0 Å². The molecule has 1 N–H and O–H groups in total. The van der Waals surface area contributed by atoms with Crippen molar-refractivity contribution in [2.45, 2.75) is 41.5 Å². The number of carboxylic acid groups (broad SMARTS) is 1. The van der Waals surface area contributed by atoms with E-state index in [1.165, 1.54) is 0 Å². The minimum Gasteiger partial charge on any atom is -0.481 e. The smallest absolute Gasteiger partial charge is 0.307 e. The van der Waals surface area contributed by atoms with E-state index < -0.39 is 22.7 Å². The van der Waals surface area contributed by atoms with Gasteiger partial charge in [-0.1, -0.05) is 41.5 Å². The summed E-state index contributed by atoms with van der Waals surface area (Å²) in [4.78, 5) is 11.1. The standard InChI is InChI=1S/C10H20O2/c1-9(2,3)7(8(11)12)10(4,5)6/h7H,1-6H3,(H,11,12)/i7D. The monoisotopic (exact) mass is 173 g/mol. The van der Waals surface area contributed by atoms with Gasteiger partial charge < -0.3 is 5.11 Å². The molecular weight excluding hydrogens is 152 g/mol. The zero-order chi connectivity index (χ0) is 11.1. The number of carboxylic acids is 1. The van der Waals surface area contributed by atoms with E-state index in [0.29, 0.717) is 0 Å². The van der Waals surface area contributed by atoms with E-state index in [-0.39, 0.29) is 0 Å². The lowest BCUT2D eigenvalue weighted by Crippen LogP contribution is -2.38. The SMILES string of the molecule is [2H]C(C(=O)O)(C(C)(C)C)C(C)(C)C. The summed E-state index contributed by atoms with van der Waals surface area (Å²) < 4.78 is 8.08. The van der Waals surface area contributed by atoms with Crippen LogP contribution in [0.2, 0.25) is 0 Å². The molecule has 0 radical (unpaired) electrons. The molecule has 0 aliphatic rings. The molecule has 0 amide bonds. The molecule has 0 saturated heterocycles. The van der Waals surface area contributed by atoms with Crippen LogP contribution in [0.4, 0.5) is 0 Å². The largest absolute Gasteiger partial charge is 0.481 e. The van der Waals surface area contributed by atoms with Crippen LogP contribution in [0.5, 0.6) is 0 Å². The Kier molecular flexibility index (Phi) is 2.45. The first-order chi connectivity index (χ1) is 5.44. The van der Waals surface area contributed by atoms with E-state index in [4.69, 9.17) is 6.48 Å². The summed E-state index contributed by atoms with van der Waals surface area (Å²) in [5.74, 6) is -2.51. The lowest BCUT2D eigenvalue weighted by atomic mass is 9.67. The molecule has 12 heavy (non-hydrogen) atoms. The van der Waals surface area contributed by atoms with E-state index in [0.717, 1.165) is 0 Å². The second-order valence-corrected chi connectivity index (χ2v) is 5.18. The summed E-state index contributed by atoms with van der Waals surface area (Å²) in [5.41, 5.74) is -1.14. The molecule has 72 valence electrons. The highest BCUT2D eigenvalue weighted by atomic mass is 16.4. The van der Waals surface area contributed by atoms with Crippen molar-refractivity contribution in [3.05, 3.63) is 0 Å². The third-order valence-electron chi connectivity index (χ3n) is 1.71. The number of hydrogen-bond acceptors (Lipinski definition) is 1. The van der Waals surface area contributed by atoms with E-state index in [1.807, 2.05) is 0 Å². The molecule has 0 rings (SSSR count). The fourth-order valence-electron chi connectivity index (χ4n) is 1.77. The molecule has 0 aromatic rings. The average Bonchev–Trinajstić information content (AvgIpc) is 1.80. The van der Waals surface area contributed by atoms with Crippen molar-refractivity contribution in [2.24, 2.45) is 16.7 Å². The van der Waals surface area contributed by atoms with E-state index >= 15 is 0 Å². The third-order valence-corrected chi connectivity index (χ3v) is 1.71. The Morgan fingerprint density at radius 2 is 1.42 bits per heavy atom. The maximum absolute atomic E-state index is 11.1. The van der Waals surface area contributed by atoms with Crippen molar-refractivity contribution in [1.82, 2.24) is 0 Å². The molecule has 0 aromatic carbocycles. The Morgan fingerprint density at radius 3 is 1.42 bits per heavy atom. The van der Waals surface area contributed by atoms with Gasteiger partial charge in [-0.3, -0.25) is 4.79 Å². The quantitative estimate of drug-likeness (QED) is 0.662. The lowest BCUT2D eigenvalue weighted by Gasteiger charge is -2.37. The van der Waals surface area contributed by atoms with Crippen molar-refractivity contribution in [3.63, 3.8) is 0 Å². The van der Waals surface area contributed by atoms with Crippen molar-refractivity contribution < 1.29 is 11.3 Å². The average molecular weight is 173 g/mol. The van der Waals surface area contributed by atoms with Gasteiger partial charge >= 0.3 is 5.97 Å². The maximum Gasteiger partial charge on any atom is 0.307 e. The molecule has 0 aliphatic carbocycles. The summed E-state index contributed by atoms with van der Waals surface area (Å²) >= 11 is 0. The Morgan fingerprint density at radius 1 is 1.17 bits per heavy atom. The van der Waals surface area contributed by atoms with E-state index in [9.17, 15) is 4.79 Å². The van der Waals surface area contributed by atoms with Gasteiger partial charge in [0.25, 0.3) is 0 Å². The molecule has 0 fully saturated rings. The molecule has 0 aromatic heterocycles. The van der Waals surface area contributed by atoms with Crippen LogP contribution >= 0.6 is 0 Å². The molecule has 0 unspecified atom stereocenters. The zero-order valence-corrected chi connectivity index (χ0v) is 8.86. The lowest BCUT2D eigenvalue weighted by molar-refractivity contribution is -0.150. The van der Waals surface area contributed by atoms with Crippen LogP contribution < -0.4 is 0 Å². The molecule has 0 aliphatic heterocycles. The van der Waals surface area contributed by atoms with Crippen molar-refractivity contribution in [2.75, 3.05) is 0 Å². The number of carbonyl (C=O) groups is 1. The zero-order valence-electron chi connectivity index (χ0n) is 9.86. The molecule has 2 nitrogen and oxygen atoms in total. The first kappa shape index (κ1) is 9.56. The summed E-state index contributed by atoms with van der Waals surface area (Å²) in [6.45, 7) is 10.7. The molecule has 0 saturated carbocycles.